The number of likely N-dealkylation sites (tertiary alicyclic amines) is 1. The van der Waals surface area contributed by atoms with Crippen molar-refractivity contribution in [3.05, 3.63) is 35.9 Å². The summed E-state index contributed by atoms with van der Waals surface area (Å²) in [7, 11) is 0. The van der Waals surface area contributed by atoms with E-state index < -0.39 is 42.7 Å². The molecule has 0 spiro atoms. The van der Waals surface area contributed by atoms with Crippen LogP contribution in [0.2, 0.25) is 0 Å². The molecule has 0 radical (unpaired) electrons. The van der Waals surface area contributed by atoms with Gasteiger partial charge in [0.2, 0.25) is 5.91 Å². The number of nitrogens with zero attached hydrogens (tertiary/aromatic N) is 1. The van der Waals surface area contributed by atoms with Crippen molar-refractivity contribution in [3.8, 4) is 0 Å². The van der Waals surface area contributed by atoms with Crippen molar-refractivity contribution < 1.29 is 27.9 Å². The predicted octanol–water partition coefficient (Wildman–Crippen LogP) is 2.66. The smallest absolute Gasteiger partial charge is 0.389 e. The van der Waals surface area contributed by atoms with Crippen LogP contribution in [-0.4, -0.2) is 41.1 Å². The molecule has 0 aliphatic carbocycles. The molecule has 0 bridgehead atoms. The molecule has 1 aliphatic heterocycles. The number of halogens is 3. The highest BCUT2D eigenvalue weighted by Crippen LogP contribution is 2.33. The minimum absolute atomic E-state index is 0.0500. The van der Waals surface area contributed by atoms with Gasteiger partial charge in [-0.3, -0.25) is 9.59 Å². The maximum absolute atomic E-state index is 12.2. The fourth-order valence-corrected chi connectivity index (χ4v) is 2.70. The second-order valence-electron chi connectivity index (χ2n) is 5.38. The highest BCUT2D eigenvalue weighted by molar-refractivity contribution is 5.79. The summed E-state index contributed by atoms with van der Waals surface area (Å²) >= 11 is 0. The molecule has 2 atom stereocenters. The second kappa shape index (κ2) is 6.37. The van der Waals surface area contributed by atoms with Gasteiger partial charge in [-0.05, 0) is 5.56 Å². The number of carbonyl (C=O) groups is 2. The van der Waals surface area contributed by atoms with Crippen molar-refractivity contribution in [1.29, 1.82) is 0 Å². The fraction of sp³-hybridized carbons (Fsp3) is 0.467. The first kappa shape index (κ1) is 16.3. The van der Waals surface area contributed by atoms with Gasteiger partial charge in [-0.15, -0.1) is 0 Å². The van der Waals surface area contributed by atoms with Crippen LogP contribution < -0.4 is 0 Å². The Morgan fingerprint density at radius 1 is 1.18 bits per heavy atom. The number of carboxylic acids is 1. The van der Waals surface area contributed by atoms with Gasteiger partial charge in [-0.1, -0.05) is 30.3 Å². The summed E-state index contributed by atoms with van der Waals surface area (Å²) in [5.41, 5.74) is 0.779. The van der Waals surface area contributed by atoms with Crippen LogP contribution in [-0.2, 0) is 9.59 Å². The van der Waals surface area contributed by atoms with Crippen LogP contribution in [0.15, 0.2) is 30.3 Å². The molecule has 2 unspecified atom stereocenters. The number of alkyl halides is 3. The lowest BCUT2D eigenvalue weighted by molar-refractivity contribution is -0.149. The van der Waals surface area contributed by atoms with E-state index in [1.54, 1.807) is 30.3 Å². The molecule has 0 saturated carbocycles. The third-order valence-electron chi connectivity index (χ3n) is 3.84. The van der Waals surface area contributed by atoms with E-state index in [-0.39, 0.29) is 13.1 Å². The number of carboxylic acid groups (broad SMARTS) is 1. The first-order chi connectivity index (χ1) is 10.3. The molecule has 1 saturated heterocycles. The first-order valence-corrected chi connectivity index (χ1v) is 6.90. The zero-order valence-corrected chi connectivity index (χ0v) is 11.7. The van der Waals surface area contributed by atoms with Crippen molar-refractivity contribution in [1.82, 2.24) is 4.90 Å². The molecule has 1 aromatic rings. The molecule has 1 aromatic carbocycles. The summed E-state index contributed by atoms with van der Waals surface area (Å²) in [4.78, 5) is 24.4. The lowest BCUT2D eigenvalue weighted by Gasteiger charge is -2.17. The van der Waals surface area contributed by atoms with Crippen LogP contribution in [0.5, 0.6) is 0 Å². The number of aliphatic carboxylic acids is 1. The maximum atomic E-state index is 12.2. The van der Waals surface area contributed by atoms with E-state index in [0.29, 0.717) is 0 Å². The average Bonchev–Trinajstić information content (AvgIpc) is 2.90. The van der Waals surface area contributed by atoms with E-state index >= 15 is 0 Å². The molecule has 1 heterocycles. The summed E-state index contributed by atoms with van der Waals surface area (Å²) in [6.07, 6.45) is -6.21. The van der Waals surface area contributed by atoms with Gasteiger partial charge in [-0.2, -0.15) is 13.2 Å². The number of carbonyl (C=O) groups excluding carboxylic acids is 1. The SMILES string of the molecule is O=C(O)C1CN(C(=O)CCC(F)(F)F)CC1c1ccccc1. The number of rotatable bonds is 4. The van der Waals surface area contributed by atoms with Gasteiger partial charge in [-0.25, -0.2) is 0 Å². The maximum Gasteiger partial charge on any atom is 0.389 e. The summed E-state index contributed by atoms with van der Waals surface area (Å²) in [6, 6.07) is 8.86. The van der Waals surface area contributed by atoms with Crippen LogP contribution in [0, 0.1) is 5.92 Å². The molecular weight excluding hydrogens is 299 g/mol. The molecule has 0 aromatic heterocycles. The van der Waals surface area contributed by atoms with E-state index in [1.165, 1.54) is 4.90 Å². The van der Waals surface area contributed by atoms with Crippen molar-refractivity contribution in [2.24, 2.45) is 5.92 Å². The van der Waals surface area contributed by atoms with E-state index in [1.807, 2.05) is 0 Å². The standard InChI is InChI=1S/C15H16F3NO3/c16-15(17,18)7-6-13(20)19-8-11(12(9-19)14(21)22)10-4-2-1-3-5-10/h1-5,11-12H,6-9H2,(H,21,22). The van der Waals surface area contributed by atoms with Crippen molar-refractivity contribution in [2.45, 2.75) is 24.9 Å². The average molecular weight is 315 g/mol. The molecule has 1 N–H and O–H groups in total. The van der Waals surface area contributed by atoms with Crippen molar-refractivity contribution in [2.75, 3.05) is 13.1 Å². The molecule has 1 aliphatic rings. The Morgan fingerprint density at radius 3 is 2.36 bits per heavy atom. The summed E-state index contributed by atoms with van der Waals surface area (Å²) in [5.74, 6) is -2.88. The van der Waals surface area contributed by atoms with Gasteiger partial charge in [0.25, 0.3) is 0 Å². The Morgan fingerprint density at radius 2 is 1.82 bits per heavy atom. The summed E-state index contributed by atoms with van der Waals surface area (Å²) in [5, 5.41) is 9.29. The second-order valence-corrected chi connectivity index (χ2v) is 5.38. The fourth-order valence-electron chi connectivity index (χ4n) is 2.70. The van der Waals surface area contributed by atoms with E-state index in [0.717, 1.165) is 5.56 Å². The number of benzene rings is 1. The van der Waals surface area contributed by atoms with Gasteiger partial charge in [0, 0.05) is 25.4 Å². The minimum Gasteiger partial charge on any atom is -0.481 e. The van der Waals surface area contributed by atoms with Gasteiger partial charge < -0.3 is 10.0 Å². The van der Waals surface area contributed by atoms with E-state index in [2.05, 4.69) is 0 Å². The normalized spacial score (nSPS) is 21.9. The first-order valence-electron chi connectivity index (χ1n) is 6.90. The highest BCUT2D eigenvalue weighted by atomic mass is 19.4. The predicted molar refractivity (Wildman–Crippen MR) is 72.2 cm³/mol. The summed E-state index contributed by atoms with van der Waals surface area (Å²) in [6.45, 7) is 0.0866. The Bertz CT molecular complexity index is 545. The van der Waals surface area contributed by atoms with Gasteiger partial charge >= 0.3 is 12.1 Å². The molecule has 1 fully saturated rings. The quantitative estimate of drug-likeness (QED) is 0.929. The van der Waals surface area contributed by atoms with E-state index in [4.69, 9.17) is 0 Å². The monoisotopic (exact) mass is 315 g/mol. The van der Waals surface area contributed by atoms with Crippen LogP contribution >= 0.6 is 0 Å². The van der Waals surface area contributed by atoms with Gasteiger partial charge in [0.05, 0.1) is 12.3 Å². The number of amides is 1. The molecule has 4 nitrogen and oxygen atoms in total. The number of hydrogen-bond donors (Lipinski definition) is 1. The van der Waals surface area contributed by atoms with Crippen molar-refractivity contribution >= 4 is 11.9 Å². The molecular formula is C15H16F3NO3. The lowest BCUT2D eigenvalue weighted by Crippen LogP contribution is -2.30. The zero-order valence-electron chi connectivity index (χ0n) is 11.7. The van der Waals surface area contributed by atoms with Crippen molar-refractivity contribution in [3.63, 3.8) is 0 Å². The summed E-state index contributed by atoms with van der Waals surface area (Å²) < 4.78 is 36.6. The van der Waals surface area contributed by atoms with E-state index in [9.17, 15) is 27.9 Å². The third kappa shape index (κ3) is 3.99. The third-order valence-corrected chi connectivity index (χ3v) is 3.84. The Balaban J connectivity index is 2.08. The molecule has 7 heteroatoms. The Labute approximate surface area is 125 Å². The minimum atomic E-state index is -4.39. The highest BCUT2D eigenvalue weighted by Gasteiger charge is 2.41. The Kier molecular flexibility index (Phi) is 4.73. The largest absolute Gasteiger partial charge is 0.481 e. The molecule has 120 valence electrons. The molecule has 22 heavy (non-hydrogen) atoms. The van der Waals surface area contributed by atoms with Crippen LogP contribution in [0.25, 0.3) is 0 Å². The molecule has 1 amide bonds. The lowest BCUT2D eigenvalue weighted by atomic mass is 9.89. The van der Waals surface area contributed by atoms with Gasteiger partial charge in [0.15, 0.2) is 0 Å². The Hall–Kier alpha value is -2.05. The zero-order chi connectivity index (χ0) is 16.3. The van der Waals surface area contributed by atoms with Crippen LogP contribution in [0.4, 0.5) is 13.2 Å². The number of hydrogen-bond acceptors (Lipinski definition) is 2. The topological polar surface area (TPSA) is 57.6 Å². The van der Waals surface area contributed by atoms with Crippen LogP contribution in [0.3, 0.4) is 0 Å². The van der Waals surface area contributed by atoms with Gasteiger partial charge in [0.1, 0.15) is 0 Å². The molecule has 2 rings (SSSR count). The van der Waals surface area contributed by atoms with Crippen LogP contribution in [0.1, 0.15) is 24.3 Å².